The van der Waals surface area contributed by atoms with Crippen molar-refractivity contribution in [2.24, 2.45) is 11.3 Å². The van der Waals surface area contributed by atoms with E-state index in [0.29, 0.717) is 64.3 Å². The van der Waals surface area contributed by atoms with Crippen LogP contribution in [0, 0.1) is 11.3 Å². The van der Waals surface area contributed by atoms with E-state index in [0.717, 1.165) is 18.1 Å². The van der Waals surface area contributed by atoms with Crippen molar-refractivity contribution in [1.29, 1.82) is 0 Å². The van der Waals surface area contributed by atoms with Crippen LogP contribution in [0.2, 0.25) is 0 Å². The van der Waals surface area contributed by atoms with Crippen LogP contribution in [-0.2, 0) is 31.8 Å². The molecule has 9 heteroatoms. The molecule has 2 fully saturated rings. The van der Waals surface area contributed by atoms with Gasteiger partial charge >= 0.3 is 6.18 Å². The lowest BCUT2D eigenvalue weighted by atomic mass is 9.80. The molecule has 0 bridgehead atoms. The standard InChI is InChI=1S/C27H31F3N2O4/c28-27(29,30)22-4-1-2-5-23(22)32-21-9-7-19(8-10-21)16-31-25(34)26(13-15-36-18-26)12-3-6-24(33)20-11-14-35-17-20/h1-2,4-5,7-10,20,32H,3,6,11-18H2,(H,31,34). The van der Waals surface area contributed by atoms with Crippen LogP contribution in [0.3, 0.4) is 0 Å². The van der Waals surface area contributed by atoms with Gasteiger partial charge in [0.25, 0.3) is 0 Å². The summed E-state index contributed by atoms with van der Waals surface area (Å²) in [7, 11) is 0. The van der Waals surface area contributed by atoms with Gasteiger partial charge in [0, 0.05) is 37.8 Å². The van der Waals surface area contributed by atoms with E-state index in [1.165, 1.54) is 12.1 Å². The van der Waals surface area contributed by atoms with Crippen molar-refractivity contribution in [3.8, 4) is 0 Å². The van der Waals surface area contributed by atoms with Crippen molar-refractivity contribution in [1.82, 2.24) is 5.32 Å². The van der Waals surface area contributed by atoms with Gasteiger partial charge in [0.05, 0.1) is 29.9 Å². The lowest BCUT2D eigenvalue weighted by Crippen LogP contribution is -2.41. The van der Waals surface area contributed by atoms with Gasteiger partial charge in [-0.2, -0.15) is 13.2 Å². The van der Waals surface area contributed by atoms with Crippen molar-refractivity contribution in [2.75, 3.05) is 31.7 Å². The number of ether oxygens (including phenoxy) is 2. The molecular weight excluding hydrogens is 473 g/mol. The number of alkyl halides is 3. The number of hydrogen-bond donors (Lipinski definition) is 2. The Bertz CT molecular complexity index is 1040. The van der Waals surface area contributed by atoms with Gasteiger partial charge < -0.3 is 20.1 Å². The van der Waals surface area contributed by atoms with Crippen molar-refractivity contribution in [3.05, 3.63) is 59.7 Å². The van der Waals surface area contributed by atoms with Crippen molar-refractivity contribution < 1.29 is 32.2 Å². The van der Waals surface area contributed by atoms with Crippen LogP contribution >= 0.6 is 0 Å². The normalized spacial score (nSPS) is 21.9. The molecular formula is C27H31F3N2O4. The van der Waals surface area contributed by atoms with Crippen molar-refractivity contribution in [3.63, 3.8) is 0 Å². The summed E-state index contributed by atoms with van der Waals surface area (Å²) in [6.45, 7) is 2.27. The molecule has 2 atom stereocenters. The Morgan fingerprint density at radius 2 is 1.81 bits per heavy atom. The third-order valence-electron chi connectivity index (χ3n) is 6.97. The average Bonchev–Trinajstić information content (AvgIpc) is 3.56. The van der Waals surface area contributed by atoms with Gasteiger partial charge in [-0.3, -0.25) is 9.59 Å². The van der Waals surface area contributed by atoms with E-state index >= 15 is 0 Å². The Balaban J connectivity index is 1.30. The zero-order valence-corrected chi connectivity index (χ0v) is 20.0. The summed E-state index contributed by atoms with van der Waals surface area (Å²) < 4.78 is 50.5. The average molecular weight is 505 g/mol. The number of rotatable bonds is 10. The predicted octanol–water partition coefficient (Wildman–Crippen LogP) is 5.25. The summed E-state index contributed by atoms with van der Waals surface area (Å²) in [5.74, 6) is 0.0838. The zero-order valence-electron chi connectivity index (χ0n) is 20.0. The molecule has 2 N–H and O–H groups in total. The Morgan fingerprint density at radius 3 is 2.47 bits per heavy atom. The van der Waals surface area contributed by atoms with Gasteiger partial charge in [0.1, 0.15) is 5.78 Å². The Morgan fingerprint density at radius 1 is 1.03 bits per heavy atom. The minimum Gasteiger partial charge on any atom is -0.381 e. The molecule has 2 aliphatic heterocycles. The highest BCUT2D eigenvalue weighted by molar-refractivity contribution is 5.84. The second kappa shape index (κ2) is 11.4. The van der Waals surface area contributed by atoms with Crippen LogP contribution in [0.5, 0.6) is 0 Å². The van der Waals surface area contributed by atoms with E-state index in [2.05, 4.69) is 10.6 Å². The van der Waals surface area contributed by atoms with Crippen LogP contribution in [0.4, 0.5) is 24.5 Å². The van der Waals surface area contributed by atoms with Crippen LogP contribution in [0.1, 0.15) is 43.2 Å². The maximum absolute atomic E-state index is 13.2. The molecule has 2 aliphatic rings. The topological polar surface area (TPSA) is 76.7 Å². The summed E-state index contributed by atoms with van der Waals surface area (Å²) in [4.78, 5) is 25.4. The molecule has 2 aromatic carbocycles. The fourth-order valence-corrected chi connectivity index (χ4v) is 4.76. The van der Waals surface area contributed by atoms with Crippen molar-refractivity contribution in [2.45, 2.75) is 44.8 Å². The molecule has 0 aliphatic carbocycles. The fraction of sp³-hybridized carbons (Fsp3) is 0.481. The highest BCUT2D eigenvalue weighted by atomic mass is 19.4. The minimum atomic E-state index is -4.45. The number of carbonyl (C=O) groups excluding carboxylic acids is 2. The van der Waals surface area contributed by atoms with Crippen LogP contribution in [0.15, 0.2) is 48.5 Å². The van der Waals surface area contributed by atoms with Gasteiger partial charge in [0.15, 0.2) is 0 Å². The molecule has 4 rings (SSSR count). The maximum atomic E-state index is 13.2. The van der Waals surface area contributed by atoms with E-state index in [1.54, 1.807) is 30.3 Å². The third-order valence-corrected chi connectivity index (χ3v) is 6.97. The summed E-state index contributed by atoms with van der Waals surface area (Å²) >= 11 is 0. The van der Waals surface area contributed by atoms with Crippen LogP contribution in [-0.4, -0.2) is 38.1 Å². The molecule has 2 aromatic rings. The second-order valence-electron chi connectivity index (χ2n) is 9.51. The molecule has 2 unspecified atom stereocenters. The van der Waals surface area contributed by atoms with E-state index in [-0.39, 0.29) is 23.3 Å². The smallest absolute Gasteiger partial charge is 0.381 e. The monoisotopic (exact) mass is 504 g/mol. The molecule has 2 heterocycles. The first-order chi connectivity index (χ1) is 17.3. The number of ketones is 1. The highest BCUT2D eigenvalue weighted by Crippen LogP contribution is 2.36. The molecule has 1 amide bonds. The number of nitrogens with one attached hydrogen (secondary N) is 2. The first-order valence-corrected chi connectivity index (χ1v) is 12.3. The second-order valence-corrected chi connectivity index (χ2v) is 9.51. The highest BCUT2D eigenvalue weighted by Gasteiger charge is 2.41. The fourth-order valence-electron chi connectivity index (χ4n) is 4.76. The van der Waals surface area contributed by atoms with E-state index in [1.807, 2.05) is 0 Å². The number of benzene rings is 2. The first kappa shape index (κ1) is 26.2. The number of amides is 1. The zero-order chi connectivity index (χ0) is 25.6. The van der Waals surface area contributed by atoms with Gasteiger partial charge in [-0.1, -0.05) is 24.3 Å². The summed E-state index contributed by atoms with van der Waals surface area (Å²) in [6.07, 6.45) is -1.41. The van der Waals surface area contributed by atoms with Gasteiger partial charge in [-0.25, -0.2) is 0 Å². The largest absolute Gasteiger partial charge is 0.418 e. The maximum Gasteiger partial charge on any atom is 0.418 e. The molecule has 2 saturated heterocycles. The van der Waals surface area contributed by atoms with Gasteiger partial charge in [0.2, 0.25) is 5.91 Å². The number of hydrogen-bond acceptors (Lipinski definition) is 5. The lowest BCUT2D eigenvalue weighted by Gasteiger charge is -2.26. The number of halogens is 3. The van der Waals surface area contributed by atoms with Gasteiger partial charge in [-0.15, -0.1) is 0 Å². The van der Waals surface area contributed by atoms with E-state index < -0.39 is 17.2 Å². The third kappa shape index (κ3) is 6.44. The van der Waals surface area contributed by atoms with Crippen molar-refractivity contribution >= 4 is 23.1 Å². The minimum absolute atomic E-state index is 0.0194. The number of Topliss-reactive ketones (excluding diaryl/α,β-unsaturated/α-hetero) is 1. The van der Waals surface area contributed by atoms with E-state index in [4.69, 9.17) is 9.47 Å². The quantitative estimate of drug-likeness (QED) is 0.462. The molecule has 0 saturated carbocycles. The van der Waals surface area contributed by atoms with Crippen LogP contribution in [0.25, 0.3) is 0 Å². The first-order valence-electron chi connectivity index (χ1n) is 12.3. The number of carbonyl (C=O) groups is 2. The van der Waals surface area contributed by atoms with E-state index in [9.17, 15) is 22.8 Å². The Hall–Kier alpha value is -2.91. The molecule has 194 valence electrons. The molecule has 36 heavy (non-hydrogen) atoms. The summed E-state index contributed by atoms with van der Waals surface area (Å²) in [5.41, 5.74) is -0.0602. The lowest BCUT2D eigenvalue weighted by molar-refractivity contribution is -0.137. The SMILES string of the molecule is O=C(CCCC1(C(=O)NCc2ccc(Nc3ccccc3C(F)(F)F)cc2)CCOC1)C1CCOC1. The predicted molar refractivity (Wildman–Crippen MR) is 129 cm³/mol. The van der Waals surface area contributed by atoms with Crippen LogP contribution < -0.4 is 10.6 Å². The molecule has 0 radical (unpaired) electrons. The van der Waals surface area contributed by atoms with Gasteiger partial charge in [-0.05, 0) is 55.5 Å². The summed E-state index contributed by atoms with van der Waals surface area (Å²) in [5, 5.41) is 5.80. The Kier molecular flexibility index (Phi) is 8.31. The number of para-hydroxylation sites is 1. The number of anilines is 2. The summed E-state index contributed by atoms with van der Waals surface area (Å²) in [6, 6.07) is 12.2. The molecule has 0 aromatic heterocycles. The Labute approximate surface area is 208 Å². The molecule has 0 spiro atoms. The molecule has 6 nitrogen and oxygen atoms in total.